The fourth-order valence-corrected chi connectivity index (χ4v) is 1.91. The summed E-state index contributed by atoms with van der Waals surface area (Å²) in [5.74, 6) is 0.837. The third kappa shape index (κ3) is 9.02. The summed E-state index contributed by atoms with van der Waals surface area (Å²) in [5.41, 5.74) is 0. The number of allylic oxidation sites excluding steroid dienone is 2. The lowest BCUT2D eigenvalue weighted by atomic mass is 9.96. The minimum absolute atomic E-state index is 0.149. The third-order valence-electron chi connectivity index (χ3n) is 2.92. The fraction of sp³-hybridized carbons (Fsp3) is 0.786. The second-order valence-corrected chi connectivity index (χ2v) is 6.72. The van der Waals surface area contributed by atoms with Gasteiger partial charge in [0, 0.05) is 4.75 Å². The molecule has 0 heterocycles. The van der Waals surface area contributed by atoms with Gasteiger partial charge in [0.1, 0.15) is 0 Å². The Hall–Kier alpha value is -0.240. The monoisotopic (exact) mass is 242 g/mol. The molecule has 0 aromatic rings. The Morgan fingerprint density at radius 1 is 1.44 bits per heavy atom. The van der Waals surface area contributed by atoms with Crippen molar-refractivity contribution in [2.45, 2.75) is 58.1 Å². The van der Waals surface area contributed by atoms with Crippen LogP contribution in [-0.2, 0) is 4.79 Å². The van der Waals surface area contributed by atoms with E-state index < -0.39 is 0 Å². The Kier molecular flexibility index (Phi) is 7.82. The van der Waals surface area contributed by atoms with E-state index in [1.165, 1.54) is 19.3 Å². The van der Waals surface area contributed by atoms with Crippen molar-refractivity contribution >= 4 is 17.5 Å². The molecule has 0 aromatic carbocycles. The maximum atomic E-state index is 10.7. The third-order valence-corrected chi connectivity index (χ3v) is 4.23. The number of hydrogen-bond acceptors (Lipinski definition) is 2. The average molecular weight is 242 g/mol. The normalized spacial score (nSPS) is 14.3. The topological polar surface area (TPSA) is 17.1 Å². The van der Waals surface area contributed by atoms with E-state index in [1.54, 1.807) is 13.0 Å². The van der Waals surface area contributed by atoms with E-state index in [1.807, 2.05) is 17.8 Å². The molecule has 0 saturated carbocycles. The highest BCUT2D eigenvalue weighted by molar-refractivity contribution is 7.99. The molecule has 0 bridgehead atoms. The molecule has 0 aliphatic heterocycles. The van der Waals surface area contributed by atoms with Crippen molar-refractivity contribution in [3.63, 3.8) is 0 Å². The molecule has 1 unspecified atom stereocenters. The van der Waals surface area contributed by atoms with Crippen LogP contribution in [0.4, 0.5) is 0 Å². The molecule has 0 fully saturated rings. The first-order chi connectivity index (χ1) is 7.37. The highest BCUT2D eigenvalue weighted by atomic mass is 32.2. The maximum absolute atomic E-state index is 10.7. The van der Waals surface area contributed by atoms with Crippen LogP contribution in [-0.4, -0.2) is 16.8 Å². The summed E-state index contributed by atoms with van der Waals surface area (Å²) in [5, 5.41) is 0. The van der Waals surface area contributed by atoms with E-state index in [2.05, 4.69) is 27.0 Å². The number of hydrogen-bond donors (Lipinski definition) is 0. The summed E-state index contributed by atoms with van der Waals surface area (Å²) in [4.78, 5) is 10.7. The van der Waals surface area contributed by atoms with Crippen molar-refractivity contribution in [3.05, 3.63) is 12.2 Å². The van der Waals surface area contributed by atoms with Crippen molar-refractivity contribution in [2.24, 2.45) is 5.92 Å². The largest absolute Gasteiger partial charge is 0.295 e. The van der Waals surface area contributed by atoms with Crippen LogP contribution in [0, 0.1) is 5.92 Å². The first-order valence-electron chi connectivity index (χ1n) is 6.09. The van der Waals surface area contributed by atoms with Crippen LogP contribution in [0.3, 0.4) is 0 Å². The predicted molar refractivity (Wildman–Crippen MR) is 75.0 cm³/mol. The zero-order chi connectivity index (χ0) is 12.6. The number of rotatable bonds is 8. The van der Waals surface area contributed by atoms with Crippen LogP contribution in [0.15, 0.2) is 12.2 Å². The molecule has 1 atom stereocenters. The van der Waals surface area contributed by atoms with Crippen molar-refractivity contribution in [1.29, 1.82) is 0 Å². The predicted octanol–water partition coefficient (Wildman–Crippen LogP) is 4.47. The van der Waals surface area contributed by atoms with E-state index in [4.69, 9.17) is 0 Å². The molecule has 16 heavy (non-hydrogen) atoms. The summed E-state index contributed by atoms with van der Waals surface area (Å²) in [6.07, 6.45) is 10.7. The molecule has 0 aromatic heterocycles. The van der Waals surface area contributed by atoms with Gasteiger partial charge in [-0.05, 0) is 38.0 Å². The van der Waals surface area contributed by atoms with Gasteiger partial charge in [-0.15, -0.1) is 0 Å². The van der Waals surface area contributed by atoms with E-state index in [9.17, 15) is 4.79 Å². The molecular formula is C14H26OS. The lowest BCUT2D eigenvalue weighted by molar-refractivity contribution is -0.112. The Bertz CT molecular complexity index is 231. The number of carbonyl (C=O) groups is 1. The number of ketones is 1. The highest BCUT2D eigenvalue weighted by Gasteiger charge is 2.15. The van der Waals surface area contributed by atoms with Crippen LogP contribution in [0.5, 0.6) is 0 Å². The second kappa shape index (κ2) is 7.94. The molecular weight excluding hydrogens is 216 g/mol. The highest BCUT2D eigenvalue weighted by Crippen LogP contribution is 2.28. The number of thioether (sulfide) groups is 1. The first kappa shape index (κ1) is 15.8. The Balaban J connectivity index is 3.66. The summed E-state index contributed by atoms with van der Waals surface area (Å²) < 4.78 is 0.412. The molecule has 0 radical (unpaired) electrons. The summed E-state index contributed by atoms with van der Waals surface area (Å²) in [6, 6.07) is 0. The van der Waals surface area contributed by atoms with Gasteiger partial charge in [0.15, 0.2) is 5.78 Å². The Morgan fingerprint density at radius 2 is 2.06 bits per heavy atom. The molecule has 2 heteroatoms. The zero-order valence-corrected chi connectivity index (χ0v) is 12.2. The maximum Gasteiger partial charge on any atom is 0.152 e. The molecule has 0 saturated heterocycles. The summed E-state index contributed by atoms with van der Waals surface area (Å²) in [6.45, 7) is 8.47. The van der Waals surface area contributed by atoms with Gasteiger partial charge in [0.2, 0.25) is 0 Å². The van der Waals surface area contributed by atoms with Gasteiger partial charge in [-0.3, -0.25) is 4.79 Å². The SMILES string of the molecule is CSC(C)(C)CCCC(C)CC=CC(C)=O. The molecule has 0 rings (SSSR count). The summed E-state index contributed by atoms with van der Waals surface area (Å²) >= 11 is 1.94. The van der Waals surface area contributed by atoms with E-state index >= 15 is 0 Å². The van der Waals surface area contributed by atoms with Crippen molar-refractivity contribution in [2.75, 3.05) is 6.26 Å². The van der Waals surface area contributed by atoms with Crippen molar-refractivity contribution in [1.82, 2.24) is 0 Å². The van der Waals surface area contributed by atoms with Gasteiger partial charge in [-0.2, -0.15) is 11.8 Å². The van der Waals surface area contributed by atoms with E-state index in [0.717, 1.165) is 6.42 Å². The molecule has 0 spiro atoms. The van der Waals surface area contributed by atoms with E-state index in [-0.39, 0.29) is 5.78 Å². The quantitative estimate of drug-likeness (QED) is 0.584. The minimum Gasteiger partial charge on any atom is -0.295 e. The lowest BCUT2D eigenvalue weighted by Gasteiger charge is -2.22. The first-order valence-corrected chi connectivity index (χ1v) is 7.32. The van der Waals surface area contributed by atoms with Gasteiger partial charge in [-0.1, -0.05) is 39.7 Å². The summed E-state index contributed by atoms with van der Waals surface area (Å²) in [7, 11) is 0. The second-order valence-electron chi connectivity index (χ2n) is 5.21. The van der Waals surface area contributed by atoms with Crippen molar-refractivity contribution < 1.29 is 4.79 Å². The van der Waals surface area contributed by atoms with Crippen LogP contribution in [0.2, 0.25) is 0 Å². The number of carbonyl (C=O) groups excluding carboxylic acids is 1. The van der Waals surface area contributed by atoms with Gasteiger partial charge in [-0.25, -0.2) is 0 Å². The smallest absolute Gasteiger partial charge is 0.152 e. The standard InChI is InChI=1S/C14H26OS/c1-12(8-6-10-13(2)15)9-7-11-14(3,4)16-5/h6,10,12H,7-9,11H2,1-5H3. The molecule has 0 amide bonds. The van der Waals surface area contributed by atoms with Crippen LogP contribution in [0.25, 0.3) is 0 Å². The lowest BCUT2D eigenvalue weighted by Crippen LogP contribution is -2.13. The van der Waals surface area contributed by atoms with Gasteiger partial charge >= 0.3 is 0 Å². The molecule has 1 nitrogen and oxygen atoms in total. The Morgan fingerprint density at radius 3 is 2.56 bits per heavy atom. The molecule has 0 aliphatic rings. The average Bonchev–Trinajstić information content (AvgIpc) is 2.17. The van der Waals surface area contributed by atoms with E-state index in [0.29, 0.717) is 10.7 Å². The molecule has 0 aliphatic carbocycles. The van der Waals surface area contributed by atoms with Crippen LogP contribution >= 0.6 is 11.8 Å². The van der Waals surface area contributed by atoms with Gasteiger partial charge < -0.3 is 0 Å². The molecule has 94 valence electrons. The minimum atomic E-state index is 0.149. The van der Waals surface area contributed by atoms with Gasteiger partial charge in [0.25, 0.3) is 0 Å². The fourth-order valence-electron chi connectivity index (χ4n) is 1.56. The Labute approximate surface area is 105 Å². The zero-order valence-electron chi connectivity index (χ0n) is 11.4. The molecule has 0 N–H and O–H groups in total. The van der Waals surface area contributed by atoms with Crippen molar-refractivity contribution in [3.8, 4) is 0 Å². The van der Waals surface area contributed by atoms with Crippen LogP contribution in [0.1, 0.15) is 53.4 Å². The van der Waals surface area contributed by atoms with Crippen LogP contribution < -0.4 is 0 Å². The van der Waals surface area contributed by atoms with Gasteiger partial charge in [0.05, 0.1) is 0 Å².